The van der Waals surface area contributed by atoms with Crippen LogP contribution in [0.4, 0.5) is 5.69 Å². The van der Waals surface area contributed by atoms with E-state index >= 15 is 0 Å². The zero-order valence-corrected chi connectivity index (χ0v) is 7.78. The Hall–Kier alpha value is -1.71. The van der Waals surface area contributed by atoms with Gasteiger partial charge in [0.15, 0.2) is 0 Å². The minimum absolute atomic E-state index is 0.175. The summed E-state index contributed by atoms with van der Waals surface area (Å²) in [4.78, 5) is 11.2. The maximum absolute atomic E-state index is 11.2. The van der Waals surface area contributed by atoms with Crippen LogP contribution in [0.5, 0.6) is 5.75 Å². The second-order valence-electron chi connectivity index (χ2n) is 3.24. The lowest BCUT2D eigenvalue weighted by Gasteiger charge is -2.08. The van der Waals surface area contributed by atoms with E-state index in [4.69, 9.17) is 0 Å². The molecular weight excluding hydrogens is 182 g/mol. The van der Waals surface area contributed by atoms with Crippen LogP contribution in [0.1, 0.15) is 5.56 Å². The molecule has 14 heavy (non-hydrogen) atoms. The second kappa shape index (κ2) is 3.21. The summed E-state index contributed by atoms with van der Waals surface area (Å²) in [5.41, 5.74) is 1.59. The number of rotatable bonds is 1. The Morgan fingerprint density at radius 2 is 2.43 bits per heavy atom. The summed E-state index contributed by atoms with van der Waals surface area (Å²) in [7, 11) is 1.35. The lowest BCUT2D eigenvalue weighted by atomic mass is 10.1. The van der Waals surface area contributed by atoms with Gasteiger partial charge in [0.05, 0.1) is 12.8 Å². The first-order valence-corrected chi connectivity index (χ1v) is 4.37. The van der Waals surface area contributed by atoms with Crippen LogP contribution in [0.3, 0.4) is 0 Å². The highest BCUT2D eigenvalue weighted by Gasteiger charge is 2.28. The molecule has 0 aromatic heterocycles. The molecule has 0 amide bonds. The van der Waals surface area contributed by atoms with Gasteiger partial charge in [0.1, 0.15) is 11.8 Å². The van der Waals surface area contributed by atoms with Gasteiger partial charge in [0.2, 0.25) is 0 Å². The predicted octanol–water partition coefficient (Wildman–Crippen LogP) is 0.902. The zero-order chi connectivity index (χ0) is 10.1. The van der Waals surface area contributed by atoms with Crippen molar-refractivity contribution in [2.75, 3.05) is 12.4 Å². The molecule has 1 aliphatic rings. The van der Waals surface area contributed by atoms with Crippen LogP contribution in [0.2, 0.25) is 0 Å². The Labute approximate surface area is 81.5 Å². The van der Waals surface area contributed by atoms with Crippen LogP contribution in [0.15, 0.2) is 18.2 Å². The first-order chi connectivity index (χ1) is 6.72. The minimum atomic E-state index is -0.372. The third-order valence-corrected chi connectivity index (χ3v) is 2.36. The van der Waals surface area contributed by atoms with Gasteiger partial charge < -0.3 is 15.2 Å². The number of esters is 1. The third-order valence-electron chi connectivity index (χ3n) is 2.36. The number of methoxy groups -OCH3 is 1. The van der Waals surface area contributed by atoms with Crippen LogP contribution in [-0.4, -0.2) is 24.2 Å². The third kappa shape index (κ3) is 1.28. The summed E-state index contributed by atoms with van der Waals surface area (Å²) < 4.78 is 4.62. The normalized spacial score (nSPS) is 18.5. The van der Waals surface area contributed by atoms with Gasteiger partial charge in [0, 0.05) is 6.42 Å². The standard InChI is InChI=1S/C10H11NO3/c1-14-10(13)7-5-6-3-2-4-8(12)9(6)11-7/h2-4,7,11-12H,5H2,1H3. The molecule has 0 radical (unpaired) electrons. The number of nitrogens with one attached hydrogen (secondary N) is 1. The van der Waals surface area contributed by atoms with Gasteiger partial charge in [-0.15, -0.1) is 0 Å². The minimum Gasteiger partial charge on any atom is -0.506 e. The van der Waals surface area contributed by atoms with Gasteiger partial charge in [-0.3, -0.25) is 0 Å². The first-order valence-electron chi connectivity index (χ1n) is 4.37. The molecule has 1 aromatic rings. The van der Waals surface area contributed by atoms with Gasteiger partial charge in [-0.05, 0) is 11.6 Å². The van der Waals surface area contributed by atoms with E-state index in [1.807, 2.05) is 6.07 Å². The Morgan fingerprint density at radius 3 is 3.07 bits per heavy atom. The Morgan fingerprint density at radius 1 is 1.64 bits per heavy atom. The van der Waals surface area contributed by atoms with E-state index in [0.717, 1.165) is 5.56 Å². The van der Waals surface area contributed by atoms with Crippen molar-refractivity contribution < 1.29 is 14.6 Å². The van der Waals surface area contributed by atoms with Gasteiger partial charge in [-0.2, -0.15) is 0 Å². The number of hydrogen-bond donors (Lipinski definition) is 2. The molecule has 1 aliphatic heterocycles. The Balaban J connectivity index is 2.26. The molecule has 1 atom stereocenters. The number of fused-ring (bicyclic) bond motifs is 1. The molecule has 0 aliphatic carbocycles. The molecule has 1 heterocycles. The lowest BCUT2D eigenvalue weighted by Crippen LogP contribution is -2.27. The molecule has 0 saturated carbocycles. The Kier molecular flexibility index (Phi) is 2.04. The average molecular weight is 193 g/mol. The topological polar surface area (TPSA) is 58.6 Å². The SMILES string of the molecule is COC(=O)C1Cc2cccc(O)c2N1. The molecule has 74 valence electrons. The van der Waals surface area contributed by atoms with Crippen molar-refractivity contribution in [2.45, 2.75) is 12.5 Å². The Bertz CT molecular complexity index is 376. The molecule has 0 fully saturated rings. The van der Waals surface area contributed by atoms with Crippen LogP contribution >= 0.6 is 0 Å². The van der Waals surface area contributed by atoms with Crippen LogP contribution in [-0.2, 0) is 16.0 Å². The maximum atomic E-state index is 11.2. The summed E-state index contributed by atoms with van der Waals surface area (Å²) in [5.74, 6) is -0.130. The molecule has 1 aromatic carbocycles. The number of hydrogen-bond acceptors (Lipinski definition) is 4. The number of carbonyl (C=O) groups is 1. The lowest BCUT2D eigenvalue weighted by molar-refractivity contribution is -0.141. The van der Waals surface area contributed by atoms with E-state index in [9.17, 15) is 9.90 Å². The molecule has 2 N–H and O–H groups in total. The fraction of sp³-hybridized carbons (Fsp3) is 0.300. The summed E-state index contributed by atoms with van der Waals surface area (Å²) in [5, 5.41) is 12.4. The number of aromatic hydroxyl groups is 1. The van der Waals surface area contributed by atoms with Crippen molar-refractivity contribution >= 4 is 11.7 Å². The van der Waals surface area contributed by atoms with E-state index in [0.29, 0.717) is 12.1 Å². The largest absolute Gasteiger partial charge is 0.506 e. The average Bonchev–Trinajstić information content (AvgIpc) is 2.62. The van der Waals surface area contributed by atoms with Gasteiger partial charge in [-0.1, -0.05) is 12.1 Å². The molecule has 2 rings (SSSR count). The zero-order valence-electron chi connectivity index (χ0n) is 7.78. The molecule has 0 saturated heterocycles. The number of para-hydroxylation sites is 1. The van der Waals surface area contributed by atoms with E-state index < -0.39 is 0 Å². The number of benzene rings is 1. The van der Waals surface area contributed by atoms with Gasteiger partial charge in [0.25, 0.3) is 0 Å². The van der Waals surface area contributed by atoms with Crippen molar-refractivity contribution in [3.63, 3.8) is 0 Å². The quantitative estimate of drug-likeness (QED) is 0.514. The highest BCUT2D eigenvalue weighted by atomic mass is 16.5. The summed E-state index contributed by atoms with van der Waals surface area (Å²) in [6.45, 7) is 0. The fourth-order valence-electron chi connectivity index (χ4n) is 1.65. The summed E-state index contributed by atoms with van der Waals surface area (Å²) in [6.07, 6.45) is 0.566. The summed E-state index contributed by atoms with van der Waals surface area (Å²) in [6, 6.07) is 4.86. The number of carbonyl (C=O) groups excluding carboxylic acids is 1. The van der Waals surface area contributed by atoms with E-state index in [-0.39, 0.29) is 17.8 Å². The monoisotopic (exact) mass is 193 g/mol. The van der Waals surface area contributed by atoms with E-state index in [1.54, 1.807) is 12.1 Å². The molecule has 0 spiro atoms. The summed E-state index contributed by atoms with van der Waals surface area (Å²) >= 11 is 0. The van der Waals surface area contributed by atoms with Crippen LogP contribution in [0, 0.1) is 0 Å². The van der Waals surface area contributed by atoms with Crippen LogP contribution in [0.25, 0.3) is 0 Å². The number of phenols is 1. The smallest absolute Gasteiger partial charge is 0.328 e. The first kappa shape index (κ1) is 8.87. The van der Waals surface area contributed by atoms with E-state index in [1.165, 1.54) is 7.11 Å². The van der Waals surface area contributed by atoms with Crippen molar-refractivity contribution in [3.8, 4) is 5.75 Å². The van der Waals surface area contributed by atoms with E-state index in [2.05, 4.69) is 10.1 Å². The van der Waals surface area contributed by atoms with Crippen molar-refractivity contribution in [1.29, 1.82) is 0 Å². The van der Waals surface area contributed by atoms with Gasteiger partial charge >= 0.3 is 5.97 Å². The predicted molar refractivity (Wildman–Crippen MR) is 51.2 cm³/mol. The van der Waals surface area contributed by atoms with Gasteiger partial charge in [-0.25, -0.2) is 4.79 Å². The number of anilines is 1. The maximum Gasteiger partial charge on any atom is 0.328 e. The highest BCUT2D eigenvalue weighted by molar-refractivity contribution is 5.84. The van der Waals surface area contributed by atoms with Crippen molar-refractivity contribution in [2.24, 2.45) is 0 Å². The highest BCUT2D eigenvalue weighted by Crippen LogP contribution is 2.33. The molecule has 4 heteroatoms. The number of phenolic OH excluding ortho intramolecular Hbond substituents is 1. The molecular formula is C10H11NO3. The van der Waals surface area contributed by atoms with Crippen molar-refractivity contribution in [1.82, 2.24) is 0 Å². The second-order valence-corrected chi connectivity index (χ2v) is 3.24. The van der Waals surface area contributed by atoms with Crippen molar-refractivity contribution in [3.05, 3.63) is 23.8 Å². The molecule has 0 bridgehead atoms. The molecule has 4 nitrogen and oxygen atoms in total. The fourth-order valence-corrected chi connectivity index (χ4v) is 1.65. The van der Waals surface area contributed by atoms with Crippen LogP contribution < -0.4 is 5.32 Å². The molecule has 1 unspecified atom stereocenters. The number of ether oxygens (including phenoxy) is 1.